The van der Waals surface area contributed by atoms with Gasteiger partial charge in [-0.15, -0.1) is 11.3 Å². The van der Waals surface area contributed by atoms with Crippen molar-refractivity contribution in [3.05, 3.63) is 15.6 Å². The molecule has 1 aromatic rings. The van der Waals surface area contributed by atoms with Crippen LogP contribution in [0, 0.1) is 12.8 Å². The van der Waals surface area contributed by atoms with E-state index in [4.69, 9.17) is 0 Å². The predicted octanol–water partition coefficient (Wildman–Crippen LogP) is 2.90. The molecule has 0 amide bonds. The molecule has 1 fully saturated rings. The first kappa shape index (κ1) is 11.1. The number of nitrogens with one attached hydrogen (secondary N) is 1. The van der Waals surface area contributed by atoms with Crippen LogP contribution in [0.15, 0.2) is 0 Å². The number of hydrogen-bond donors (Lipinski definition) is 1. The second-order valence-electron chi connectivity index (χ2n) is 4.86. The summed E-state index contributed by atoms with van der Waals surface area (Å²) >= 11 is 1.85. The summed E-state index contributed by atoms with van der Waals surface area (Å²) in [6, 6.07) is 0.791. The Balaban J connectivity index is 1.99. The number of rotatable bonds is 5. The average Bonchev–Trinajstić information content (AvgIpc) is 2.89. The monoisotopic (exact) mass is 224 g/mol. The third-order valence-electron chi connectivity index (χ3n) is 2.62. The molecule has 1 aromatic heterocycles. The lowest BCUT2D eigenvalue weighted by molar-refractivity contribution is 0.623. The third kappa shape index (κ3) is 3.28. The topological polar surface area (TPSA) is 24.9 Å². The highest BCUT2D eigenvalue weighted by Crippen LogP contribution is 2.24. The Morgan fingerprint density at radius 1 is 1.47 bits per heavy atom. The highest BCUT2D eigenvalue weighted by molar-refractivity contribution is 7.11. The van der Waals surface area contributed by atoms with Crippen LogP contribution in [0.25, 0.3) is 0 Å². The lowest BCUT2D eigenvalue weighted by atomic mass is 10.1. The lowest BCUT2D eigenvalue weighted by Gasteiger charge is -2.05. The molecule has 0 aromatic carbocycles. The van der Waals surface area contributed by atoms with Crippen LogP contribution in [0.5, 0.6) is 0 Å². The average molecular weight is 224 g/mol. The lowest BCUT2D eigenvalue weighted by Crippen LogP contribution is -2.15. The van der Waals surface area contributed by atoms with Crippen molar-refractivity contribution in [3.8, 4) is 0 Å². The molecule has 0 aliphatic heterocycles. The molecule has 0 unspecified atom stereocenters. The largest absolute Gasteiger partial charge is 0.309 e. The SMILES string of the molecule is Cc1nc(CC(C)C)c(CNC2CC2)s1. The normalized spacial score (nSPS) is 16.3. The second kappa shape index (κ2) is 4.62. The van der Waals surface area contributed by atoms with Crippen molar-refractivity contribution in [2.24, 2.45) is 5.92 Å². The summed E-state index contributed by atoms with van der Waals surface area (Å²) in [7, 11) is 0. The Morgan fingerprint density at radius 3 is 2.80 bits per heavy atom. The molecule has 0 atom stereocenters. The molecule has 1 N–H and O–H groups in total. The number of hydrogen-bond acceptors (Lipinski definition) is 3. The van der Waals surface area contributed by atoms with Crippen LogP contribution in [-0.2, 0) is 13.0 Å². The van der Waals surface area contributed by atoms with Crippen molar-refractivity contribution >= 4 is 11.3 Å². The van der Waals surface area contributed by atoms with Gasteiger partial charge in [-0.2, -0.15) is 0 Å². The first-order chi connectivity index (χ1) is 7.15. The van der Waals surface area contributed by atoms with Crippen LogP contribution in [0.2, 0.25) is 0 Å². The second-order valence-corrected chi connectivity index (χ2v) is 6.14. The van der Waals surface area contributed by atoms with Crippen LogP contribution in [0.4, 0.5) is 0 Å². The molecular formula is C12H20N2S. The molecule has 1 aliphatic rings. The van der Waals surface area contributed by atoms with Gasteiger partial charge in [-0.1, -0.05) is 13.8 Å². The molecule has 15 heavy (non-hydrogen) atoms. The van der Waals surface area contributed by atoms with Gasteiger partial charge in [-0.3, -0.25) is 0 Å². The van der Waals surface area contributed by atoms with E-state index in [1.54, 1.807) is 0 Å². The van der Waals surface area contributed by atoms with Gasteiger partial charge in [0.15, 0.2) is 0 Å². The fraction of sp³-hybridized carbons (Fsp3) is 0.750. The summed E-state index contributed by atoms with van der Waals surface area (Å²) in [6.07, 6.45) is 3.83. The highest BCUT2D eigenvalue weighted by Gasteiger charge is 2.21. The molecule has 0 spiro atoms. The van der Waals surface area contributed by atoms with E-state index in [-0.39, 0.29) is 0 Å². The van der Waals surface area contributed by atoms with E-state index in [1.807, 2.05) is 11.3 Å². The van der Waals surface area contributed by atoms with Crippen molar-refractivity contribution in [1.82, 2.24) is 10.3 Å². The highest BCUT2D eigenvalue weighted by atomic mass is 32.1. The van der Waals surface area contributed by atoms with E-state index in [0.717, 1.165) is 19.0 Å². The van der Waals surface area contributed by atoms with Crippen LogP contribution >= 0.6 is 11.3 Å². The zero-order valence-electron chi connectivity index (χ0n) is 9.84. The molecule has 1 saturated carbocycles. The quantitative estimate of drug-likeness (QED) is 0.832. The zero-order valence-corrected chi connectivity index (χ0v) is 10.7. The van der Waals surface area contributed by atoms with E-state index in [1.165, 1.54) is 28.4 Å². The number of aryl methyl sites for hydroxylation is 1. The summed E-state index contributed by atoms with van der Waals surface area (Å²) in [5, 5.41) is 4.78. The minimum absolute atomic E-state index is 0.700. The summed E-state index contributed by atoms with van der Waals surface area (Å²) in [5.41, 5.74) is 1.32. The number of nitrogens with zero attached hydrogens (tertiary/aromatic N) is 1. The maximum atomic E-state index is 4.63. The van der Waals surface area contributed by atoms with Crippen molar-refractivity contribution in [3.63, 3.8) is 0 Å². The molecule has 84 valence electrons. The van der Waals surface area contributed by atoms with E-state index >= 15 is 0 Å². The van der Waals surface area contributed by atoms with Crippen molar-refractivity contribution in [2.75, 3.05) is 0 Å². The summed E-state index contributed by atoms with van der Waals surface area (Å²) in [4.78, 5) is 6.08. The Bertz CT molecular complexity index is 326. The fourth-order valence-electron chi connectivity index (χ4n) is 1.72. The molecule has 0 saturated heterocycles. The van der Waals surface area contributed by atoms with Gasteiger partial charge in [-0.05, 0) is 32.1 Å². The van der Waals surface area contributed by atoms with E-state index in [9.17, 15) is 0 Å². The van der Waals surface area contributed by atoms with Gasteiger partial charge < -0.3 is 5.32 Å². The standard InChI is InChI=1S/C12H20N2S/c1-8(2)6-11-12(15-9(3)14-11)7-13-10-4-5-10/h8,10,13H,4-7H2,1-3H3. The van der Waals surface area contributed by atoms with Gasteiger partial charge in [0.25, 0.3) is 0 Å². The third-order valence-corrected chi connectivity index (χ3v) is 3.63. The summed E-state index contributed by atoms with van der Waals surface area (Å²) < 4.78 is 0. The van der Waals surface area contributed by atoms with E-state index in [0.29, 0.717) is 5.92 Å². The van der Waals surface area contributed by atoms with Crippen molar-refractivity contribution in [1.29, 1.82) is 0 Å². The minimum atomic E-state index is 0.700. The molecule has 3 heteroatoms. The number of aromatic nitrogens is 1. The summed E-state index contributed by atoms with van der Waals surface area (Å²) in [5.74, 6) is 0.700. The molecule has 2 nitrogen and oxygen atoms in total. The Kier molecular flexibility index (Phi) is 3.42. The molecule has 1 aliphatic carbocycles. The Hall–Kier alpha value is -0.410. The Labute approximate surface area is 96.1 Å². The van der Waals surface area contributed by atoms with Crippen molar-refractivity contribution in [2.45, 2.75) is 52.6 Å². The molecule has 2 rings (SSSR count). The Morgan fingerprint density at radius 2 is 2.20 bits per heavy atom. The van der Waals surface area contributed by atoms with Gasteiger partial charge in [0.05, 0.1) is 10.7 Å². The van der Waals surface area contributed by atoms with Gasteiger partial charge >= 0.3 is 0 Å². The fourth-order valence-corrected chi connectivity index (χ4v) is 2.64. The van der Waals surface area contributed by atoms with Gasteiger partial charge in [0.1, 0.15) is 0 Å². The van der Waals surface area contributed by atoms with Crippen LogP contribution in [-0.4, -0.2) is 11.0 Å². The van der Waals surface area contributed by atoms with Crippen LogP contribution in [0.1, 0.15) is 42.3 Å². The van der Waals surface area contributed by atoms with Gasteiger partial charge in [0, 0.05) is 17.5 Å². The molecule has 1 heterocycles. The molecule has 0 radical (unpaired) electrons. The van der Waals surface area contributed by atoms with Crippen molar-refractivity contribution < 1.29 is 0 Å². The first-order valence-corrected chi connectivity index (χ1v) is 6.65. The van der Waals surface area contributed by atoms with Gasteiger partial charge in [-0.25, -0.2) is 4.98 Å². The summed E-state index contributed by atoms with van der Waals surface area (Å²) in [6.45, 7) is 7.65. The minimum Gasteiger partial charge on any atom is -0.309 e. The maximum absolute atomic E-state index is 4.63. The molecule has 0 bridgehead atoms. The van der Waals surface area contributed by atoms with Crippen LogP contribution in [0.3, 0.4) is 0 Å². The first-order valence-electron chi connectivity index (χ1n) is 5.83. The number of thiazole rings is 1. The smallest absolute Gasteiger partial charge is 0.0900 e. The van der Waals surface area contributed by atoms with E-state index in [2.05, 4.69) is 31.1 Å². The van der Waals surface area contributed by atoms with Crippen LogP contribution < -0.4 is 5.32 Å². The predicted molar refractivity (Wildman–Crippen MR) is 65.3 cm³/mol. The van der Waals surface area contributed by atoms with Gasteiger partial charge in [0.2, 0.25) is 0 Å². The maximum Gasteiger partial charge on any atom is 0.0900 e. The molecular weight excluding hydrogens is 204 g/mol. The zero-order chi connectivity index (χ0) is 10.8. The van der Waals surface area contributed by atoms with E-state index < -0.39 is 0 Å².